The third-order valence-corrected chi connectivity index (χ3v) is 5.00. The van der Waals surface area contributed by atoms with E-state index in [2.05, 4.69) is 25.6 Å². The number of carbonyl (C=O) groups is 1. The Labute approximate surface area is 181 Å². The predicted octanol–water partition coefficient (Wildman–Crippen LogP) is -2.50. The fourth-order valence-electron chi connectivity index (χ4n) is 3.02. The van der Waals surface area contributed by atoms with E-state index >= 15 is 0 Å². The molecule has 1 amide bonds. The summed E-state index contributed by atoms with van der Waals surface area (Å²) < 4.78 is 7.25. The van der Waals surface area contributed by atoms with Crippen LogP contribution < -0.4 is 16.4 Å². The van der Waals surface area contributed by atoms with E-state index in [-0.39, 0.29) is 11.2 Å². The van der Waals surface area contributed by atoms with Gasteiger partial charge >= 0.3 is 0 Å². The Hall–Kier alpha value is -2.46. The van der Waals surface area contributed by atoms with E-state index in [4.69, 9.17) is 27.8 Å². The number of nitrogens with two attached hydrogens (primary N) is 1. The lowest BCUT2D eigenvalue weighted by molar-refractivity contribution is -0.122. The van der Waals surface area contributed by atoms with Crippen LogP contribution in [0.2, 0.25) is 0 Å². The number of hydrogen-bond acceptors (Lipinski definition) is 11. The molecule has 13 nitrogen and oxygen atoms in total. The summed E-state index contributed by atoms with van der Waals surface area (Å²) in [4.78, 5) is 22.9. The highest BCUT2D eigenvalue weighted by atomic mass is 32.1. The smallest absolute Gasteiger partial charge is 0.239 e. The molecule has 5 atom stereocenters. The lowest BCUT2D eigenvalue weighted by Gasteiger charge is -2.17. The number of anilines is 1. The minimum atomic E-state index is -1.27. The molecule has 0 spiro atoms. The molecule has 14 heteroatoms. The third-order valence-electron chi connectivity index (χ3n) is 4.72. The first kappa shape index (κ1) is 23.2. The number of nitrogens with zero attached hydrogens (tertiary/aromatic N) is 3. The Morgan fingerprint density at radius 3 is 2.77 bits per heavy atom. The van der Waals surface area contributed by atoms with E-state index in [0.29, 0.717) is 23.7 Å². The average Bonchev–Trinajstić information content (AvgIpc) is 3.31. The van der Waals surface area contributed by atoms with E-state index in [9.17, 15) is 20.1 Å². The van der Waals surface area contributed by atoms with Crippen molar-refractivity contribution in [1.29, 1.82) is 0 Å². The summed E-state index contributed by atoms with van der Waals surface area (Å²) >= 11 is 5.28. The second-order valence-corrected chi connectivity index (χ2v) is 7.24. The first-order valence-electron chi connectivity index (χ1n) is 9.49. The highest BCUT2D eigenvalue weighted by molar-refractivity contribution is 7.71. The number of fused-ring (bicyclic) bond motifs is 1. The number of ether oxygens (including phenoxy) is 1. The zero-order valence-electron chi connectivity index (χ0n) is 16.4. The van der Waals surface area contributed by atoms with Gasteiger partial charge in [-0.25, -0.2) is 9.97 Å². The van der Waals surface area contributed by atoms with Crippen molar-refractivity contribution in [1.82, 2.24) is 24.8 Å². The molecule has 0 radical (unpaired) electrons. The summed E-state index contributed by atoms with van der Waals surface area (Å²) in [6.07, 6.45) is 0.458. The molecule has 2 aromatic rings. The maximum absolute atomic E-state index is 11.5. The molecular weight excluding hydrogens is 430 g/mol. The second kappa shape index (κ2) is 10.2. The summed E-state index contributed by atoms with van der Waals surface area (Å²) in [7, 11) is 0. The fourth-order valence-corrected chi connectivity index (χ4v) is 3.26. The summed E-state index contributed by atoms with van der Waals surface area (Å²) in [5, 5.41) is 43.9. The number of rotatable bonds is 9. The summed E-state index contributed by atoms with van der Waals surface area (Å²) in [6, 6.07) is -0.955. The molecule has 1 fully saturated rings. The summed E-state index contributed by atoms with van der Waals surface area (Å²) in [6.45, 7) is -0.267. The van der Waals surface area contributed by atoms with Gasteiger partial charge in [0.05, 0.1) is 19.5 Å². The minimum absolute atomic E-state index is 0.218. The monoisotopic (exact) mass is 455 g/mol. The molecular formula is C17H25N7O6S. The van der Waals surface area contributed by atoms with E-state index < -0.39 is 49.7 Å². The van der Waals surface area contributed by atoms with Gasteiger partial charge < -0.3 is 46.5 Å². The molecule has 3 rings (SSSR count). The number of aliphatic hydroxyl groups is 4. The van der Waals surface area contributed by atoms with Crippen molar-refractivity contribution in [2.24, 2.45) is 5.73 Å². The number of amides is 1. The Bertz CT molecular complexity index is 995. The number of carbonyl (C=O) groups excluding carboxylic acids is 1. The molecule has 3 heterocycles. The van der Waals surface area contributed by atoms with Crippen LogP contribution in [0.1, 0.15) is 6.23 Å². The molecule has 1 aliphatic heterocycles. The van der Waals surface area contributed by atoms with E-state index in [1.54, 1.807) is 12.2 Å². The predicted molar refractivity (Wildman–Crippen MR) is 111 cm³/mol. The number of hydrogen-bond donors (Lipinski definition) is 8. The normalized spacial score (nSPS) is 24.7. The van der Waals surface area contributed by atoms with Crippen LogP contribution in [0.3, 0.4) is 0 Å². The zero-order valence-corrected chi connectivity index (χ0v) is 17.2. The first-order valence-corrected chi connectivity index (χ1v) is 9.90. The van der Waals surface area contributed by atoms with Gasteiger partial charge in [-0.1, -0.05) is 24.4 Å². The average molecular weight is 455 g/mol. The minimum Gasteiger partial charge on any atom is -0.394 e. The number of imidazole rings is 1. The standard InChI is InChI=1S/C17H25N7O6S/c18-8(5-25)14(29)19-3-1-2-4-20-17-22-13-10(15(31)23-17)21-7-24(13)16-12(28)11(27)9(6-26)30-16/h1-2,7-9,11-12,16,25-28H,3-6,18H2,(H,19,29)(H2,20,22,23,31)/b2-1+/t8?,9-,11?,12?,16-/m1/s1. The van der Waals surface area contributed by atoms with Crippen LogP contribution in [0.5, 0.6) is 0 Å². The Balaban J connectivity index is 1.67. The van der Waals surface area contributed by atoms with Crippen LogP contribution in [0.25, 0.3) is 11.2 Å². The quantitative estimate of drug-likeness (QED) is 0.147. The number of aromatic amines is 1. The van der Waals surface area contributed by atoms with Gasteiger partial charge in [-0.3, -0.25) is 9.36 Å². The molecule has 0 aliphatic carbocycles. The second-order valence-electron chi connectivity index (χ2n) is 6.85. The van der Waals surface area contributed by atoms with Gasteiger partial charge in [0.1, 0.15) is 35.5 Å². The van der Waals surface area contributed by atoms with Crippen molar-refractivity contribution in [3.63, 3.8) is 0 Å². The fraction of sp³-hybridized carbons (Fsp3) is 0.529. The lowest BCUT2D eigenvalue weighted by atomic mass is 10.1. The number of nitrogens with one attached hydrogen (secondary N) is 3. The first-order chi connectivity index (χ1) is 14.9. The number of aromatic nitrogens is 4. The van der Waals surface area contributed by atoms with Crippen LogP contribution in [0.15, 0.2) is 18.5 Å². The van der Waals surface area contributed by atoms with Gasteiger partial charge in [0.25, 0.3) is 0 Å². The molecule has 9 N–H and O–H groups in total. The maximum atomic E-state index is 11.5. The lowest BCUT2D eigenvalue weighted by Crippen LogP contribution is -2.42. The van der Waals surface area contributed by atoms with Gasteiger partial charge in [-0.15, -0.1) is 0 Å². The molecule has 3 unspecified atom stereocenters. The summed E-state index contributed by atoms with van der Waals surface area (Å²) in [5.41, 5.74) is 6.20. The molecule has 31 heavy (non-hydrogen) atoms. The van der Waals surface area contributed by atoms with Gasteiger partial charge in [-0.05, 0) is 0 Å². The van der Waals surface area contributed by atoms with Gasteiger partial charge in [-0.2, -0.15) is 0 Å². The van der Waals surface area contributed by atoms with Crippen LogP contribution in [0.4, 0.5) is 5.95 Å². The van der Waals surface area contributed by atoms with Crippen molar-refractivity contribution in [3.05, 3.63) is 23.1 Å². The molecule has 170 valence electrons. The van der Waals surface area contributed by atoms with Crippen molar-refractivity contribution >= 4 is 35.2 Å². The molecule has 0 aromatic carbocycles. The van der Waals surface area contributed by atoms with Crippen molar-refractivity contribution in [2.45, 2.75) is 30.6 Å². The number of aliphatic hydroxyl groups excluding tert-OH is 4. The Kier molecular flexibility index (Phi) is 7.66. The molecule has 0 saturated carbocycles. The Morgan fingerprint density at radius 2 is 2.10 bits per heavy atom. The van der Waals surface area contributed by atoms with Crippen LogP contribution in [-0.4, -0.2) is 96.5 Å². The van der Waals surface area contributed by atoms with Gasteiger partial charge in [0.2, 0.25) is 11.9 Å². The van der Waals surface area contributed by atoms with E-state index in [1.807, 2.05) is 0 Å². The molecule has 2 aromatic heterocycles. The third kappa shape index (κ3) is 5.07. The zero-order chi connectivity index (χ0) is 22.5. The van der Waals surface area contributed by atoms with Crippen LogP contribution in [0, 0.1) is 4.64 Å². The molecule has 1 aliphatic rings. The highest BCUT2D eigenvalue weighted by Gasteiger charge is 2.43. The van der Waals surface area contributed by atoms with Crippen molar-refractivity contribution in [2.75, 3.05) is 31.6 Å². The van der Waals surface area contributed by atoms with E-state index in [0.717, 1.165) is 0 Å². The number of H-pyrrole nitrogens is 1. The SMILES string of the molecule is NC(CO)C(=O)NC/C=C/CNc1nc(=S)c2ncn([C@@H]3O[C@H](CO)C(O)C3O)c2[nH]1. The van der Waals surface area contributed by atoms with Crippen molar-refractivity contribution < 1.29 is 30.0 Å². The van der Waals surface area contributed by atoms with Crippen LogP contribution in [-0.2, 0) is 9.53 Å². The largest absolute Gasteiger partial charge is 0.394 e. The van der Waals surface area contributed by atoms with Crippen LogP contribution >= 0.6 is 12.2 Å². The molecule has 1 saturated heterocycles. The topological polar surface area (TPSA) is 204 Å². The summed E-state index contributed by atoms with van der Waals surface area (Å²) in [5.74, 6) is -0.114. The van der Waals surface area contributed by atoms with Gasteiger partial charge in [0.15, 0.2) is 10.9 Å². The maximum Gasteiger partial charge on any atom is 0.239 e. The highest BCUT2D eigenvalue weighted by Crippen LogP contribution is 2.31. The van der Waals surface area contributed by atoms with Crippen molar-refractivity contribution in [3.8, 4) is 0 Å². The Morgan fingerprint density at radius 1 is 1.35 bits per heavy atom. The molecule has 0 bridgehead atoms. The van der Waals surface area contributed by atoms with Gasteiger partial charge in [0, 0.05) is 13.1 Å². The van der Waals surface area contributed by atoms with E-state index in [1.165, 1.54) is 10.9 Å².